The summed E-state index contributed by atoms with van der Waals surface area (Å²) in [5, 5.41) is 17.5. The third-order valence-electron chi connectivity index (χ3n) is 8.87. The minimum atomic E-state index is -4.63. The van der Waals surface area contributed by atoms with Crippen molar-refractivity contribution in [3.63, 3.8) is 0 Å². The lowest BCUT2D eigenvalue weighted by Gasteiger charge is -2.36. The van der Waals surface area contributed by atoms with Crippen LogP contribution in [0.25, 0.3) is 10.9 Å². The molecule has 0 aliphatic carbocycles. The zero-order chi connectivity index (χ0) is 35.1. The molecule has 0 unspecified atom stereocenters. The number of aromatic amines is 1. The molecule has 258 valence electrons. The molecule has 0 radical (unpaired) electrons. The summed E-state index contributed by atoms with van der Waals surface area (Å²) in [6, 6.07) is 20.7. The van der Waals surface area contributed by atoms with Crippen LogP contribution in [0.2, 0.25) is 0 Å². The Balaban J connectivity index is 0.00000486. The van der Waals surface area contributed by atoms with Crippen LogP contribution in [0.1, 0.15) is 40.8 Å². The van der Waals surface area contributed by atoms with Gasteiger partial charge in [-0.05, 0) is 60.5 Å². The molecule has 10 nitrogen and oxygen atoms in total. The quantitative estimate of drug-likeness (QED) is 0.192. The highest BCUT2D eigenvalue weighted by atomic mass is 79.9. The lowest BCUT2D eigenvalue weighted by Crippen LogP contribution is -3.00. The Morgan fingerprint density at radius 1 is 1.06 bits per heavy atom. The van der Waals surface area contributed by atoms with E-state index in [4.69, 9.17) is 4.74 Å². The van der Waals surface area contributed by atoms with Gasteiger partial charge in [0.2, 0.25) is 5.95 Å². The van der Waals surface area contributed by atoms with Crippen molar-refractivity contribution < 1.29 is 44.2 Å². The summed E-state index contributed by atoms with van der Waals surface area (Å²) < 4.78 is 48.2. The lowest BCUT2D eigenvalue weighted by atomic mass is 9.89. The van der Waals surface area contributed by atoms with Crippen molar-refractivity contribution in [1.29, 1.82) is 5.26 Å². The number of ether oxygens (including phenoxy) is 1. The van der Waals surface area contributed by atoms with Gasteiger partial charge >= 0.3 is 17.8 Å². The molecular weight excluding hydrogens is 715 g/mol. The van der Waals surface area contributed by atoms with Gasteiger partial charge in [0, 0.05) is 35.0 Å². The first-order chi connectivity index (χ1) is 23.3. The Kier molecular flexibility index (Phi) is 10.0. The second kappa shape index (κ2) is 13.9. The second-order valence-electron chi connectivity index (χ2n) is 12.6. The monoisotopic (exact) mass is 747 g/mol. The number of H-pyrrole nitrogens is 1. The highest BCUT2D eigenvalue weighted by molar-refractivity contribution is 5.93. The second-order valence-corrected chi connectivity index (χ2v) is 12.6. The molecule has 50 heavy (non-hydrogen) atoms. The first kappa shape index (κ1) is 36.0. The molecule has 0 amide bonds. The molecule has 0 bridgehead atoms. The predicted octanol–water partition coefficient (Wildman–Crippen LogP) is 3.02. The molecule has 3 heterocycles. The van der Waals surface area contributed by atoms with E-state index in [1.165, 1.54) is 28.7 Å². The largest absolute Gasteiger partial charge is 1.00 e. The number of pyridine rings is 1. The van der Waals surface area contributed by atoms with E-state index in [1.54, 1.807) is 31.3 Å². The van der Waals surface area contributed by atoms with Crippen molar-refractivity contribution in [1.82, 2.24) is 19.7 Å². The number of nitriles is 1. The molecule has 0 fully saturated rings. The van der Waals surface area contributed by atoms with E-state index in [-0.39, 0.29) is 39.9 Å². The number of hydrogen-bond acceptors (Lipinski definition) is 7. The Hall–Kier alpha value is -5.26. The number of fused-ring (bicyclic) bond motifs is 2. The van der Waals surface area contributed by atoms with Gasteiger partial charge in [0.05, 0.1) is 56.0 Å². The van der Waals surface area contributed by atoms with Crippen molar-refractivity contribution in [2.45, 2.75) is 32.1 Å². The smallest absolute Gasteiger partial charge is 0.416 e. The maximum atomic E-state index is 13.7. The molecule has 1 aliphatic heterocycles. The van der Waals surface area contributed by atoms with Gasteiger partial charge in [-0.2, -0.15) is 18.4 Å². The normalized spacial score (nSPS) is 14.6. The van der Waals surface area contributed by atoms with Crippen LogP contribution in [0.3, 0.4) is 0 Å². The molecule has 1 atom stereocenters. The summed E-state index contributed by atoms with van der Waals surface area (Å²) in [5.74, 6) is -0.773. The molecular formula is C36H33BrF3N7O3. The SMILES string of the molecule is COC(=O)C1=C(C)N(c2cccc(C(F)(F)F)c2)c2n[nH]c(=O)n2[C@@H]1c1ccc(C#N)cc1CC[N+](C)(C)Cc1cccc2ncccc12.[Br-]. The first-order valence-electron chi connectivity index (χ1n) is 15.4. The average Bonchev–Trinajstić information content (AvgIpc) is 3.46. The van der Waals surface area contributed by atoms with E-state index in [0.717, 1.165) is 34.2 Å². The van der Waals surface area contributed by atoms with Gasteiger partial charge < -0.3 is 26.2 Å². The zero-order valence-electron chi connectivity index (χ0n) is 27.6. The van der Waals surface area contributed by atoms with E-state index in [2.05, 4.69) is 41.4 Å². The minimum Gasteiger partial charge on any atom is -1.00 e. The van der Waals surface area contributed by atoms with Crippen LogP contribution in [-0.4, -0.2) is 58.0 Å². The van der Waals surface area contributed by atoms with E-state index >= 15 is 0 Å². The van der Waals surface area contributed by atoms with E-state index in [9.17, 15) is 28.0 Å². The van der Waals surface area contributed by atoms with Crippen molar-refractivity contribution in [2.75, 3.05) is 32.6 Å². The van der Waals surface area contributed by atoms with Crippen molar-refractivity contribution in [3.8, 4) is 6.07 Å². The third kappa shape index (κ3) is 6.79. The topological polar surface area (TPSA) is 117 Å². The van der Waals surface area contributed by atoms with E-state index < -0.39 is 29.4 Å². The molecule has 1 N–H and O–H groups in total. The van der Waals surface area contributed by atoms with Crippen LogP contribution < -0.4 is 27.6 Å². The fourth-order valence-electron chi connectivity index (χ4n) is 6.51. The van der Waals surface area contributed by atoms with E-state index in [0.29, 0.717) is 35.1 Å². The minimum absolute atomic E-state index is 0. The molecule has 6 rings (SSSR count). The number of carbonyl (C=O) groups is 1. The van der Waals surface area contributed by atoms with Gasteiger partial charge in [0.15, 0.2) is 0 Å². The Labute approximate surface area is 296 Å². The predicted molar refractivity (Wildman–Crippen MR) is 177 cm³/mol. The lowest BCUT2D eigenvalue weighted by molar-refractivity contribution is -0.903. The molecule has 1 aliphatic rings. The number of esters is 1. The summed E-state index contributed by atoms with van der Waals surface area (Å²) in [4.78, 5) is 32.9. The fourth-order valence-corrected chi connectivity index (χ4v) is 6.51. The highest BCUT2D eigenvalue weighted by Gasteiger charge is 2.41. The fraction of sp³-hybridized carbons (Fsp3) is 0.250. The number of nitrogens with zero attached hydrogens (tertiary/aromatic N) is 6. The molecule has 5 aromatic rings. The number of nitrogens with one attached hydrogen (secondary N) is 1. The van der Waals surface area contributed by atoms with E-state index in [1.807, 2.05) is 24.3 Å². The number of aromatic nitrogens is 4. The number of alkyl halides is 3. The van der Waals surface area contributed by atoms with Crippen molar-refractivity contribution in [2.24, 2.45) is 0 Å². The number of halogens is 4. The number of carbonyl (C=O) groups excluding carboxylic acids is 1. The van der Waals surface area contributed by atoms with Crippen molar-refractivity contribution >= 4 is 28.5 Å². The number of methoxy groups -OCH3 is 1. The van der Waals surface area contributed by atoms with Gasteiger partial charge in [0.1, 0.15) is 12.6 Å². The average molecular weight is 749 g/mol. The third-order valence-corrected chi connectivity index (χ3v) is 8.87. The highest BCUT2D eigenvalue weighted by Crippen LogP contribution is 2.43. The molecule has 0 saturated heterocycles. The molecule has 3 aromatic carbocycles. The standard InChI is InChI=1S/C36H32F3N7O3.BrH/c1-22-31(33(47)49-4)32(45-34(42-43-35(45)48)44(22)27-10-6-9-26(19-27)36(37,38)39)29-14-13-23(20-40)18-24(29)15-17-46(2,3)21-25-8-5-12-30-28(25)11-7-16-41-30;/h5-14,16,18-19,32H,15,17,21H2,1-4H3;1H/t32-;/m1./s1. The number of benzene rings is 3. The Morgan fingerprint density at radius 2 is 1.82 bits per heavy atom. The number of rotatable bonds is 8. The van der Waals surface area contributed by atoms with Gasteiger partial charge in [0.25, 0.3) is 0 Å². The van der Waals surface area contributed by atoms with Crippen LogP contribution in [0, 0.1) is 11.3 Å². The zero-order valence-corrected chi connectivity index (χ0v) is 29.2. The van der Waals surface area contributed by atoms with Gasteiger partial charge in [-0.3, -0.25) is 9.88 Å². The van der Waals surface area contributed by atoms with Crippen LogP contribution in [0.5, 0.6) is 0 Å². The number of quaternary nitrogens is 1. The molecule has 0 saturated carbocycles. The van der Waals surface area contributed by atoms with Crippen LogP contribution in [-0.2, 0) is 28.7 Å². The van der Waals surface area contributed by atoms with Crippen LogP contribution in [0.15, 0.2) is 95.1 Å². The molecule has 2 aromatic heterocycles. The molecule has 0 spiro atoms. The van der Waals surface area contributed by atoms with Gasteiger partial charge in [-0.15, -0.1) is 5.10 Å². The number of hydrogen-bond donors (Lipinski definition) is 1. The maximum Gasteiger partial charge on any atom is 0.416 e. The summed E-state index contributed by atoms with van der Waals surface area (Å²) >= 11 is 0. The summed E-state index contributed by atoms with van der Waals surface area (Å²) in [5.41, 5.74) is 2.44. The number of likely N-dealkylation sites (N-methyl/N-ethyl adjacent to an activating group) is 1. The Bertz CT molecular complexity index is 2210. The van der Waals surface area contributed by atoms with Gasteiger partial charge in [-0.1, -0.05) is 30.3 Å². The van der Waals surface area contributed by atoms with Gasteiger partial charge in [-0.25, -0.2) is 19.3 Å². The van der Waals surface area contributed by atoms with Crippen LogP contribution in [0.4, 0.5) is 24.8 Å². The summed E-state index contributed by atoms with van der Waals surface area (Å²) in [6.07, 6.45) is -2.41. The summed E-state index contributed by atoms with van der Waals surface area (Å²) in [6.45, 7) is 2.87. The van der Waals surface area contributed by atoms with Crippen molar-refractivity contribution in [3.05, 3.63) is 129 Å². The Morgan fingerprint density at radius 3 is 2.54 bits per heavy atom. The van der Waals surface area contributed by atoms with Crippen LogP contribution >= 0.6 is 0 Å². The number of anilines is 2. The maximum absolute atomic E-state index is 13.7. The first-order valence-corrected chi connectivity index (χ1v) is 15.4. The summed E-state index contributed by atoms with van der Waals surface area (Å²) in [7, 11) is 5.39. The number of allylic oxidation sites excluding steroid dienone is 1. The molecule has 14 heteroatoms.